The number of halogens is 1. The molecule has 5 heterocycles. The second-order valence-corrected chi connectivity index (χ2v) is 17.1. The van der Waals surface area contributed by atoms with Gasteiger partial charge in [0.2, 0.25) is 5.91 Å². The highest BCUT2D eigenvalue weighted by molar-refractivity contribution is 5.95. The number of hydrogen-bond acceptors (Lipinski definition) is 10. The predicted molar refractivity (Wildman–Crippen MR) is 240 cm³/mol. The Balaban J connectivity index is 0.757. The molecule has 0 spiro atoms. The third-order valence-electron chi connectivity index (χ3n) is 13.0. The van der Waals surface area contributed by atoms with Gasteiger partial charge in [-0.2, -0.15) is 5.10 Å². The van der Waals surface area contributed by atoms with E-state index < -0.39 is 11.7 Å². The number of hydrogen-bond donors (Lipinski definition) is 2. The number of nitrogens with zero attached hydrogens (tertiary/aromatic N) is 6. The van der Waals surface area contributed by atoms with Gasteiger partial charge in [-0.1, -0.05) is 36.9 Å². The minimum atomic E-state index is -0.595. The van der Waals surface area contributed by atoms with Crippen LogP contribution in [0.15, 0.2) is 59.9 Å². The summed E-state index contributed by atoms with van der Waals surface area (Å²) in [6.45, 7) is 19.4. The van der Waals surface area contributed by atoms with Gasteiger partial charge in [-0.25, -0.2) is 9.49 Å². The summed E-state index contributed by atoms with van der Waals surface area (Å²) in [6.07, 6.45) is 10.1. The number of benzene rings is 2. The first-order valence-electron chi connectivity index (χ1n) is 22.7. The van der Waals surface area contributed by atoms with Crippen LogP contribution in [0.3, 0.4) is 0 Å². The zero-order valence-corrected chi connectivity index (χ0v) is 36.5. The quantitative estimate of drug-likeness (QED) is 0.208. The van der Waals surface area contributed by atoms with Crippen LogP contribution in [0, 0.1) is 11.7 Å². The van der Waals surface area contributed by atoms with E-state index in [2.05, 4.69) is 55.0 Å². The summed E-state index contributed by atoms with van der Waals surface area (Å²) in [5.74, 6) is 1.28. The van der Waals surface area contributed by atoms with E-state index >= 15 is 4.39 Å². The van der Waals surface area contributed by atoms with Gasteiger partial charge in [0.05, 0.1) is 31.0 Å². The van der Waals surface area contributed by atoms with E-state index in [1.165, 1.54) is 37.3 Å². The van der Waals surface area contributed by atoms with Gasteiger partial charge in [-0.3, -0.25) is 19.3 Å². The lowest BCUT2D eigenvalue weighted by molar-refractivity contribution is -0.134. The molecule has 4 fully saturated rings. The normalized spacial score (nSPS) is 20.5. The van der Waals surface area contributed by atoms with Crippen LogP contribution in [0.1, 0.15) is 65.7 Å². The highest BCUT2D eigenvalue weighted by Gasteiger charge is 2.29. The van der Waals surface area contributed by atoms with Gasteiger partial charge in [0, 0.05) is 88.9 Å². The smallest absolute Gasteiger partial charge is 0.272 e. The molecule has 62 heavy (non-hydrogen) atoms. The van der Waals surface area contributed by atoms with Gasteiger partial charge in [-0.05, 0) is 106 Å². The van der Waals surface area contributed by atoms with E-state index in [0.29, 0.717) is 85.9 Å². The number of aromatic amines is 1. The number of H-pyrrole nitrogens is 1. The topological polar surface area (TPSA) is 127 Å². The Morgan fingerprint density at radius 1 is 0.887 bits per heavy atom. The second kappa shape index (κ2) is 22.6. The third kappa shape index (κ3) is 12.3. The predicted octanol–water partition coefficient (Wildman–Crippen LogP) is 2.44. The van der Waals surface area contributed by atoms with Crippen LogP contribution in [0.25, 0.3) is 12.2 Å². The average molecular weight is 853 g/mol. The van der Waals surface area contributed by atoms with Crippen LogP contribution >= 0.6 is 0 Å². The fourth-order valence-corrected chi connectivity index (χ4v) is 9.31. The molecule has 3 aromatic rings. The summed E-state index contributed by atoms with van der Waals surface area (Å²) >= 11 is 0. The molecule has 0 saturated carbocycles. The van der Waals surface area contributed by atoms with Crippen molar-refractivity contribution in [3.63, 3.8) is 0 Å². The van der Waals surface area contributed by atoms with Crippen LogP contribution in [0.4, 0.5) is 4.39 Å². The Morgan fingerprint density at radius 3 is 2.40 bits per heavy atom. The van der Waals surface area contributed by atoms with Crippen molar-refractivity contribution in [2.75, 3.05) is 118 Å². The summed E-state index contributed by atoms with van der Waals surface area (Å²) in [7, 11) is 0. The van der Waals surface area contributed by atoms with E-state index in [1.807, 2.05) is 24.0 Å². The molecular weight excluding hydrogens is 788 g/mol. The first kappa shape index (κ1) is 45.3. The van der Waals surface area contributed by atoms with E-state index in [0.717, 1.165) is 77.8 Å². The van der Waals surface area contributed by atoms with Crippen molar-refractivity contribution in [3.8, 4) is 5.75 Å². The molecule has 0 aliphatic carbocycles. The first-order chi connectivity index (χ1) is 30.3. The minimum Gasteiger partial charge on any atom is -0.491 e. The number of ether oxygens (including phenoxy) is 2. The van der Waals surface area contributed by atoms with Crippen LogP contribution in [0.5, 0.6) is 5.75 Å². The molecule has 7 rings (SSSR count). The molecule has 1 atom stereocenters. The maximum atomic E-state index is 15.1. The van der Waals surface area contributed by atoms with E-state index in [1.54, 1.807) is 29.2 Å². The van der Waals surface area contributed by atoms with Gasteiger partial charge in [0.25, 0.3) is 11.5 Å². The molecule has 1 aromatic heterocycles. The zero-order chi connectivity index (χ0) is 43.3. The van der Waals surface area contributed by atoms with Crippen molar-refractivity contribution in [2.24, 2.45) is 5.92 Å². The fraction of sp³-hybridized carbons (Fsp3) is 0.542. The molecule has 0 bridgehead atoms. The number of piperidine rings is 2. The molecule has 2 amide bonds. The van der Waals surface area contributed by atoms with Crippen molar-refractivity contribution < 1.29 is 23.5 Å². The lowest BCUT2D eigenvalue weighted by Crippen LogP contribution is -2.55. The lowest BCUT2D eigenvalue weighted by Gasteiger charge is -2.40. The molecule has 2 N–H and O–H groups in total. The van der Waals surface area contributed by atoms with Gasteiger partial charge < -0.3 is 34.4 Å². The van der Waals surface area contributed by atoms with Crippen LogP contribution in [-0.2, 0) is 16.0 Å². The molecule has 14 heteroatoms. The molecule has 2 aromatic carbocycles. The molecule has 4 aliphatic rings. The second-order valence-electron chi connectivity index (χ2n) is 17.1. The summed E-state index contributed by atoms with van der Waals surface area (Å²) < 4.78 is 27.0. The standard InChI is InChI=1S/C48H65FN8O5/c1-3-7-42-41(4-2)45(51-52-47(42)59)31-37-11-12-44(49)43(30-37)48(60)57-24-22-56(23-25-57)46(58)35-55-20-18-54(19-21-55)34-36-13-16-53(17-14-36)26-27-61-28-29-62-40-10-5-8-38(32-40)39-9-6-15-50-33-39/h3-5,7-8,10-12,30,32,36,39,50H,1,6,9,13-29,31,33-35H2,2H3,(H,52,59)/b41-4+,42-7+. The summed E-state index contributed by atoms with van der Waals surface area (Å²) in [4.78, 5) is 50.0. The van der Waals surface area contributed by atoms with Crippen LogP contribution < -0.4 is 26.1 Å². The van der Waals surface area contributed by atoms with E-state index in [9.17, 15) is 14.4 Å². The Morgan fingerprint density at radius 2 is 1.66 bits per heavy atom. The zero-order valence-electron chi connectivity index (χ0n) is 36.5. The Bertz CT molecular complexity index is 2150. The summed E-state index contributed by atoms with van der Waals surface area (Å²) in [5, 5.41) is 11.4. The largest absolute Gasteiger partial charge is 0.491 e. The average Bonchev–Trinajstić information content (AvgIpc) is 3.30. The van der Waals surface area contributed by atoms with E-state index in [4.69, 9.17) is 9.47 Å². The number of likely N-dealkylation sites (tertiary alicyclic amines) is 1. The lowest BCUT2D eigenvalue weighted by atomic mass is 9.92. The Hall–Kier alpha value is -4.73. The number of rotatable bonds is 16. The number of carbonyl (C=O) groups is 2. The number of allylic oxidation sites excluding steroid dienone is 1. The number of amides is 2. The van der Waals surface area contributed by atoms with E-state index in [-0.39, 0.29) is 17.0 Å². The van der Waals surface area contributed by atoms with Crippen molar-refractivity contribution in [2.45, 2.75) is 44.9 Å². The number of piperazine rings is 2. The molecule has 1 unspecified atom stereocenters. The molecule has 13 nitrogen and oxygen atoms in total. The monoisotopic (exact) mass is 853 g/mol. The summed E-state index contributed by atoms with van der Waals surface area (Å²) in [6, 6.07) is 13.0. The minimum absolute atomic E-state index is 0.0119. The van der Waals surface area contributed by atoms with Gasteiger partial charge >= 0.3 is 0 Å². The van der Waals surface area contributed by atoms with Crippen molar-refractivity contribution >= 4 is 24.0 Å². The van der Waals surface area contributed by atoms with Crippen molar-refractivity contribution in [3.05, 3.63) is 104 Å². The highest BCUT2D eigenvalue weighted by Crippen LogP contribution is 2.26. The maximum Gasteiger partial charge on any atom is 0.272 e. The molecular formula is C48H65FN8O5. The highest BCUT2D eigenvalue weighted by atomic mass is 19.1. The summed E-state index contributed by atoms with van der Waals surface area (Å²) in [5.41, 5.74) is 2.32. The van der Waals surface area contributed by atoms with Gasteiger partial charge in [-0.15, -0.1) is 0 Å². The van der Waals surface area contributed by atoms with Crippen molar-refractivity contribution in [1.82, 2.24) is 40.0 Å². The van der Waals surface area contributed by atoms with Gasteiger partial charge in [0.1, 0.15) is 18.2 Å². The first-order valence-corrected chi connectivity index (χ1v) is 22.7. The Kier molecular flexibility index (Phi) is 16.5. The SMILES string of the molecule is C=C/C=c1/c(=O)[nH]nc(Cc2ccc(F)c(C(=O)N3CCN(C(=O)CN4CCN(CC5CCN(CCOCCOc6cccc(C7CCCNC7)c6)CC5)CC4)CC3)c2)/c1=C/C. The fourth-order valence-electron chi connectivity index (χ4n) is 9.31. The molecule has 4 aliphatic heterocycles. The van der Waals surface area contributed by atoms with Gasteiger partial charge in [0.15, 0.2) is 0 Å². The molecule has 0 radical (unpaired) electrons. The number of carbonyl (C=O) groups excluding carboxylic acids is 2. The van der Waals surface area contributed by atoms with Crippen molar-refractivity contribution in [1.29, 1.82) is 0 Å². The Labute approximate surface area is 365 Å². The molecule has 334 valence electrons. The third-order valence-corrected chi connectivity index (χ3v) is 13.0. The van der Waals surface area contributed by atoms with Crippen LogP contribution in [-0.4, -0.2) is 165 Å². The van der Waals surface area contributed by atoms with Crippen LogP contribution in [0.2, 0.25) is 0 Å². The molecule has 4 saturated heterocycles. The maximum absolute atomic E-state index is 15.1. The number of aromatic nitrogens is 2. The number of nitrogens with one attached hydrogen (secondary N) is 2.